The average molecular weight is 332 g/mol. The summed E-state index contributed by atoms with van der Waals surface area (Å²) in [6.45, 7) is 4.92. The molecule has 2 saturated heterocycles. The van der Waals surface area contributed by atoms with Gasteiger partial charge in [-0.2, -0.15) is 11.3 Å². The number of carbonyl (C=O) groups is 1. The number of hydrogen-bond acceptors (Lipinski definition) is 5. The Hall–Kier alpha value is -1.63. The highest BCUT2D eigenvalue weighted by Gasteiger charge is 2.50. The molecule has 0 radical (unpaired) electrons. The van der Waals surface area contributed by atoms with Crippen molar-refractivity contribution in [3.05, 3.63) is 46.5 Å². The second-order valence-electron chi connectivity index (χ2n) is 6.52. The molecule has 2 atom stereocenters. The Morgan fingerprint density at radius 1 is 1.48 bits per heavy atom. The molecule has 6 heteroatoms. The van der Waals surface area contributed by atoms with E-state index in [1.165, 1.54) is 0 Å². The van der Waals surface area contributed by atoms with Gasteiger partial charge in [-0.25, -0.2) is 0 Å². The fraction of sp³-hybridized carbons (Fsp3) is 0.471. The number of carbonyl (C=O) groups excluding carboxylic acids is 1. The minimum absolute atomic E-state index is 0.00996. The van der Waals surface area contributed by atoms with E-state index in [-0.39, 0.29) is 11.3 Å². The van der Waals surface area contributed by atoms with E-state index in [1.54, 1.807) is 17.6 Å². The van der Waals surface area contributed by atoms with Crippen molar-refractivity contribution in [2.24, 2.45) is 11.3 Å². The number of amides is 1. The summed E-state index contributed by atoms with van der Waals surface area (Å²) in [6.07, 6.45) is 1.71. The Labute approximate surface area is 139 Å². The largest absolute Gasteiger partial charge is 0.468 e. The molecule has 0 bridgehead atoms. The van der Waals surface area contributed by atoms with Crippen LogP contribution in [0.3, 0.4) is 0 Å². The second kappa shape index (κ2) is 6.11. The van der Waals surface area contributed by atoms with Crippen LogP contribution >= 0.6 is 11.3 Å². The van der Waals surface area contributed by atoms with Gasteiger partial charge in [0.1, 0.15) is 5.76 Å². The molecule has 1 N–H and O–H groups in total. The van der Waals surface area contributed by atoms with Crippen molar-refractivity contribution in [2.45, 2.75) is 6.54 Å². The zero-order valence-corrected chi connectivity index (χ0v) is 13.7. The van der Waals surface area contributed by atoms with E-state index in [4.69, 9.17) is 9.15 Å². The van der Waals surface area contributed by atoms with E-state index in [0.29, 0.717) is 12.5 Å². The highest BCUT2D eigenvalue weighted by molar-refractivity contribution is 7.08. The quantitative estimate of drug-likeness (QED) is 0.912. The summed E-state index contributed by atoms with van der Waals surface area (Å²) in [5.74, 6) is 1.47. The number of ether oxygens (including phenoxy) is 1. The van der Waals surface area contributed by atoms with Crippen LogP contribution in [-0.4, -0.2) is 43.7 Å². The summed E-state index contributed by atoms with van der Waals surface area (Å²) in [5.41, 5.74) is 0.769. The molecule has 4 heterocycles. The lowest BCUT2D eigenvalue weighted by atomic mass is 9.81. The van der Waals surface area contributed by atoms with E-state index >= 15 is 0 Å². The number of thiophene rings is 1. The van der Waals surface area contributed by atoms with E-state index in [2.05, 4.69) is 10.2 Å². The van der Waals surface area contributed by atoms with Gasteiger partial charge in [0.15, 0.2) is 0 Å². The monoisotopic (exact) mass is 332 g/mol. The van der Waals surface area contributed by atoms with Gasteiger partial charge < -0.3 is 14.5 Å². The first-order valence-electron chi connectivity index (χ1n) is 7.88. The van der Waals surface area contributed by atoms with E-state index in [0.717, 1.165) is 44.2 Å². The smallest absolute Gasteiger partial charge is 0.252 e. The van der Waals surface area contributed by atoms with Crippen molar-refractivity contribution in [3.8, 4) is 0 Å². The highest BCUT2D eigenvalue weighted by Crippen LogP contribution is 2.41. The molecule has 4 rings (SSSR count). The molecule has 122 valence electrons. The summed E-state index contributed by atoms with van der Waals surface area (Å²) in [5, 5.41) is 6.91. The number of furan rings is 1. The molecule has 2 fully saturated rings. The van der Waals surface area contributed by atoms with Gasteiger partial charge >= 0.3 is 0 Å². The standard InChI is InChI=1S/C17H20N2O3S/c20-16(13-3-5-23-9-13)18-10-17-11-19(6-14(17)8-21-12-17)7-15-2-1-4-22-15/h1-5,9,14H,6-8,10-12H2,(H,18,20)/t14-,17+/m0/s1. The molecule has 0 aromatic carbocycles. The van der Waals surface area contributed by atoms with E-state index in [1.807, 2.05) is 29.0 Å². The molecular formula is C17H20N2O3S. The average Bonchev–Trinajstić information content (AvgIpc) is 3.29. The predicted molar refractivity (Wildman–Crippen MR) is 87.4 cm³/mol. The van der Waals surface area contributed by atoms with Crippen LogP contribution < -0.4 is 5.32 Å². The first-order chi connectivity index (χ1) is 11.3. The Kier molecular flexibility index (Phi) is 3.97. The minimum atomic E-state index is 0.00996. The molecule has 2 aromatic rings. The topological polar surface area (TPSA) is 54.7 Å². The van der Waals surface area contributed by atoms with Crippen LogP contribution in [0.1, 0.15) is 16.1 Å². The van der Waals surface area contributed by atoms with Crippen LogP contribution in [0.4, 0.5) is 0 Å². The number of nitrogens with zero attached hydrogens (tertiary/aromatic N) is 1. The van der Waals surface area contributed by atoms with Crippen molar-refractivity contribution in [2.75, 3.05) is 32.8 Å². The molecule has 1 amide bonds. The Morgan fingerprint density at radius 3 is 3.22 bits per heavy atom. The molecule has 23 heavy (non-hydrogen) atoms. The maximum atomic E-state index is 12.2. The molecular weight excluding hydrogens is 312 g/mol. The lowest BCUT2D eigenvalue weighted by Crippen LogP contribution is -2.43. The van der Waals surface area contributed by atoms with E-state index in [9.17, 15) is 4.79 Å². The van der Waals surface area contributed by atoms with E-state index < -0.39 is 0 Å². The zero-order chi connectivity index (χ0) is 15.7. The highest BCUT2D eigenvalue weighted by atomic mass is 32.1. The van der Waals surface area contributed by atoms with Crippen LogP contribution in [0.15, 0.2) is 39.6 Å². The van der Waals surface area contributed by atoms with Crippen LogP contribution in [-0.2, 0) is 11.3 Å². The van der Waals surface area contributed by atoms with Crippen molar-refractivity contribution < 1.29 is 13.9 Å². The SMILES string of the molecule is O=C(NC[C@@]12COC[C@@H]1CN(Cc1ccco1)C2)c1ccsc1. The van der Waals surface area contributed by atoms with Gasteiger partial charge in [-0.15, -0.1) is 0 Å². The molecule has 2 aliphatic rings. The third-order valence-electron chi connectivity index (χ3n) is 4.94. The minimum Gasteiger partial charge on any atom is -0.468 e. The molecule has 5 nitrogen and oxygen atoms in total. The van der Waals surface area contributed by atoms with Gasteiger partial charge in [-0.1, -0.05) is 0 Å². The number of hydrogen-bond donors (Lipinski definition) is 1. The fourth-order valence-electron chi connectivity index (χ4n) is 3.69. The van der Waals surface area contributed by atoms with Gasteiger partial charge in [0, 0.05) is 41.9 Å². The molecule has 2 aliphatic heterocycles. The van der Waals surface area contributed by atoms with Gasteiger partial charge in [-0.05, 0) is 23.6 Å². The summed E-state index contributed by atoms with van der Waals surface area (Å²) in [6, 6.07) is 5.79. The molecule has 0 unspecified atom stereocenters. The summed E-state index contributed by atoms with van der Waals surface area (Å²) in [7, 11) is 0. The van der Waals surface area contributed by atoms with Crippen molar-refractivity contribution in [1.29, 1.82) is 0 Å². The third-order valence-corrected chi connectivity index (χ3v) is 5.62. The Bertz CT molecular complexity index is 655. The molecule has 0 saturated carbocycles. The first-order valence-corrected chi connectivity index (χ1v) is 8.82. The summed E-state index contributed by atoms with van der Waals surface area (Å²) < 4.78 is 11.2. The number of nitrogens with one attached hydrogen (secondary N) is 1. The van der Waals surface area contributed by atoms with Crippen LogP contribution in [0, 0.1) is 11.3 Å². The fourth-order valence-corrected chi connectivity index (χ4v) is 4.32. The Morgan fingerprint density at radius 2 is 2.43 bits per heavy atom. The first kappa shape index (κ1) is 14.9. The summed E-state index contributed by atoms with van der Waals surface area (Å²) >= 11 is 1.54. The Balaban J connectivity index is 1.40. The third kappa shape index (κ3) is 2.94. The predicted octanol–water partition coefficient (Wildman–Crippen LogP) is 2.22. The lowest BCUT2D eigenvalue weighted by molar-refractivity contribution is 0.0902. The molecule has 0 spiro atoms. The number of fused-ring (bicyclic) bond motifs is 1. The molecule has 0 aliphatic carbocycles. The normalized spacial score (nSPS) is 27.2. The second-order valence-corrected chi connectivity index (χ2v) is 7.30. The van der Waals surface area contributed by atoms with Gasteiger partial charge in [-0.3, -0.25) is 9.69 Å². The summed E-state index contributed by atoms with van der Waals surface area (Å²) in [4.78, 5) is 14.6. The number of rotatable bonds is 5. The van der Waals surface area contributed by atoms with Crippen LogP contribution in [0.25, 0.3) is 0 Å². The van der Waals surface area contributed by atoms with Crippen molar-refractivity contribution >= 4 is 17.2 Å². The van der Waals surface area contributed by atoms with Gasteiger partial charge in [0.05, 0.1) is 26.0 Å². The van der Waals surface area contributed by atoms with Crippen LogP contribution in [0.5, 0.6) is 0 Å². The van der Waals surface area contributed by atoms with Crippen LogP contribution in [0.2, 0.25) is 0 Å². The van der Waals surface area contributed by atoms with Crippen molar-refractivity contribution in [1.82, 2.24) is 10.2 Å². The lowest BCUT2D eigenvalue weighted by Gasteiger charge is -2.27. The maximum Gasteiger partial charge on any atom is 0.252 e. The molecule has 2 aromatic heterocycles. The zero-order valence-electron chi connectivity index (χ0n) is 12.9. The number of likely N-dealkylation sites (tertiary alicyclic amines) is 1. The van der Waals surface area contributed by atoms with Crippen molar-refractivity contribution in [3.63, 3.8) is 0 Å². The van der Waals surface area contributed by atoms with Gasteiger partial charge in [0.2, 0.25) is 0 Å². The van der Waals surface area contributed by atoms with Gasteiger partial charge in [0.25, 0.3) is 5.91 Å². The maximum absolute atomic E-state index is 12.2.